The number of hydrogen-bond donors (Lipinski definition) is 1. The SMILES string of the molecule is CCOC(=O)c1cc(C)sc1NC(=O)c1cc(-c2cccc(C)c2)nc2ccc(Br)cc12. The average Bonchev–Trinajstić information content (AvgIpc) is 3.13. The van der Waals surface area contributed by atoms with Crippen molar-refractivity contribution in [2.24, 2.45) is 0 Å². The molecule has 7 heteroatoms. The van der Waals surface area contributed by atoms with Crippen LogP contribution in [-0.2, 0) is 4.74 Å². The topological polar surface area (TPSA) is 68.3 Å². The number of esters is 1. The highest BCUT2D eigenvalue weighted by atomic mass is 79.9. The second-order valence-corrected chi connectivity index (χ2v) is 9.53. The van der Waals surface area contributed by atoms with Crippen LogP contribution in [0.3, 0.4) is 0 Å². The Morgan fingerprint density at radius 2 is 1.88 bits per heavy atom. The van der Waals surface area contributed by atoms with Crippen molar-refractivity contribution in [3.05, 3.63) is 80.6 Å². The van der Waals surface area contributed by atoms with E-state index in [2.05, 4.69) is 21.2 Å². The second-order valence-electron chi connectivity index (χ2n) is 7.36. The van der Waals surface area contributed by atoms with Gasteiger partial charge in [-0.1, -0.05) is 39.7 Å². The third-order valence-electron chi connectivity index (χ3n) is 4.91. The molecule has 2 aromatic carbocycles. The number of pyridine rings is 1. The lowest BCUT2D eigenvalue weighted by Crippen LogP contribution is -2.15. The van der Waals surface area contributed by atoms with E-state index in [0.717, 1.165) is 25.9 Å². The van der Waals surface area contributed by atoms with Crippen molar-refractivity contribution in [3.8, 4) is 11.3 Å². The quantitative estimate of drug-likeness (QED) is 0.302. The summed E-state index contributed by atoms with van der Waals surface area (Å²) < 4.78 is 5.99. The highest BCUT2D eigenvalue weighted by molar-refractivity contribution is 9.10. The minimum absolute atomic E-state index is 0.268. The average molecular weight is 509 g/mol. The lowest BCUT2D eigenvalue weighted by atomic mass is 10.0. The van der Waals surface area contributed by atoms with E-state index in [-0.39, 0.29) is 12.5 Å². The van der Waals surface area contributed by atoms with Gasteiger partial charge < -0.3 is 10.1 Å². The van der Waals surface area contributed by atoms with Crippen LogP contribution in [0.5, 0.6) is 0 Å². The van der Waals surface area contributed by atoms with Gasteiger partial charge in [0.1, 0.15) is 5.00 Å². The number of nitrogens with zero attached hydrogens (tertiary/aromatic N) is 1. The van der Waals surface area contributed by atoms with Crippen molar-refractivity contribution in [2.75, 3.05) is 11.9 Å². The molecule has 1 amide bonds. The molecule has 0 aliphatic carbocycles. The monoisotopic (exact) mass is 508 g/mol. The second kappa shape index (κ2) is 9.22. The van der Waals surface area contributed by atoms with Crippen LogP contribution in [0.15, 0.2) is 59.1 Å². The maximum atomic E-state index is 13.4. The molecule has 0 atom stereocenters. The van der Waals surface area contributed by atoms with Crippen molar-refractivity contribution in [3.63, 3.8) is 0 Å². The first-order valence-electron chi connectivity index (χ1n) is 10.1. The zero-order valence-electron chi connectivity index (χ0n) is 17.9. The summed E-state index contributed by atoms with van der Waals surface area (Å²) >= 11 is 4.83. The van der Waals surface area contributed by atoms with Gasteiger partial charge in [0.25, 0.3) is 5.91 Å². The number of fused-ring (bicyclic) bond motifs is 1. The number of hydrogen-bond acceptors (Lipinski definition) is 5. The maximum absolute atomic E-state index is 13.4. The molecule has 4 aromatic rings. The zero-order chi connectivity index (χ0) is 22.8. The largest absolute Gasteiger partial charge is 0.462 e. The lowest BCUT2D eigenvalue weighted by molar-refractivity contribution is 0.0528. The van der Waals surface area contributed by atoms with Crippen molar-refractivity contribution in [1.29, 1.82) is 0 Å². The van der Waals surface area contributed by atoms with E-state index < -0.39 is 5.97 Å². The van der Waals surface area contributed by atoms with E-state index in [0.29, 0.717) is 27.3 Å². The molecular formula is C25H21BrN2O3S. The van der Waals surface area contributed by atoms with Gasteiger partial charge in [0.05, 0.1) is 28.9 Å². The first-order chi connectivity index (χ1) is 15.4. The number of thiophene rings is 1. The predicted octanol–water partition coefficient (Wildman–Crippen LogP) is 6.77. The van der Waals surface area contributed by atoms with Crippen LogP contribution in [0, 0.1) is 13.8 Å². The van der Waals surface area contributed by atoms with Crippen molar-refractivity contribution >= 4 is 55.0 Å². The minimum Gasteiger partial charge on any atom is -0.462 e. The molecule has 0 radical (unpaired) electrons. The Labute approximate surface area is 198 Å². The summed E-state index contributed by atoms with van der Waals surface area (Å²) in [6.45, 7) is 5.93. The maximum Gasteiger partial charge on any atom is 0.341 e. The standard InChI is InChI=1S/C25H21BrN2O3S/c1-4-31-25(30)20-11-15(3)32-24(20)28-23(29)19-13-22(16-7-5-6-14(2)10-16)27-21-9-8-17(26)12-18(19)21/h5-13H,4H2,1-3H3,(H,28,29). The van der Waals surface area contributed by atoms with E-state index >= 15 is 0 Å². The number of amides is 1. The van der Waals surface area contributed by atoms with Gasteiger partial charge >= 0.3 is 5.97 Å². The van der Waals surface area contributed by atoms with Gasteiger partial charge in [-0.3, -0.25) is 4.79 Å². The summed E-state index contributed by atoms with van der Waals surface area (Å²) in [7, 11) is 0. The van der Waals surface area contributed by atoms with Crippen molar-refractivity contribution in [2.45, 2.75) is 20.8 Å². The molecule has 32 heavy (non-hydrogen) atoms. The molecule has 1 N–H and O–H groups in total. The fourth-order valence-electron chi connectivity index (χ4n) is 3.48. The number of rotatable bonds is 5. The molecule has 162 valence electrons. The van der Waals surface area contributed by atoms with Crippen LogP contribution in [0.25, 0.3) is 22.2 Å². The molecule has 0 unspecified atom stereocenters. The molecule has 0 aliphatic rings. The van der Waals surface area contributed by atoms with E-state index in [4.69, 9.17) is 9.72 Å². The summed E-state index contributed by atoms with van der Waals surface area (Å²) in [4.78, 5) is 31.5. The van der Waals surface area contributed by atoms with E-state index in [9.17, 15) is 9.59 Å². The van der Waals surface area contributed by atoms with Gasteiger partial charge in [0, 0.05) is 20.3 Å². The normalized spacial score (nSPS) is 10.9. The molecule has 0 saturated carbocycles. The third-order valence-corrected chi connectivity index (χ3v) is 6.37. The number of halogens is 1. The van der Waals surface area contributed by atoms with Gasteiger partial charge in [-0.05, 0) is 57.2 Å². The van der Waals surface area contributed by atoms with Gasteiger partial charge in [-0.2, -0.15) is 0 Å². The smallest absolute Gasteiger partial charge is 0.341 e. The van der Waals surface area contributed by atoms with Gasteiger partial charge in [0.2, 0.25) is 0 Å². The van der Waals surface area contributed by atoms with Crippen LogP contribution in [0.2, 0.25) is 0 Å². The predicted molar refractivity (Wildman–Crippen MR) is 133 cm³/mol. The number of benzene rings is 2. The molecule has 4 rings (SSSR count). The summed E-state index contributed by atoms with van der Waals surface area (Å²) in [5, 5.41) is 4.12. The van der Waals surface area contributed by atoms with E-state index in [1.54, 1.807) is 19.1 Å². The van der Waals surface area contributed by atoms with Crippen LogP contribution in [-0.4, -0.2) is 23.5 Å². The van der Waals surface area contributed by atoms with Gasteiger partial charge in [-0.25, -0.2) is 9.78 Å². The van der Waals surface area contributed by atoms with Gasteiger partial charge in [0.15, 0.2) is 0 Å². The number of carbonyl (C=O) groups excluding carboxylic acids is 2. The third kappa shape index (κ3) is 4.59. The molecular weight excluding hydrogens is 488 g/mol. The van der Waals surface area contributed by atoms with Crippen LogP contribution >= 0.6 is 27.3 Å². The van der Waals surface area contributed by atoms with Crippen LogP contribution in [0.4, 0.5) is 5.00 Å². The molecule has 5 nitrogen and oxygen atoms in total. The fraction of sp³-hybridized carbons (Fsp3) is 0.160. The summed E-state index contributed by atoms with van der Waals surface area (Å²) in [6, 6.07) is 17.2. The highest BCUT2D eigenvalue weighted by Gasteiger charge is 2.21. The Balaban J connectivity index is 1.80. The number of anilines is 1. The Hall–Kier alpha value is -3.03. The first-order valence-corrected chi connectivity index (χ1v) is 11.7. The number of carbonyl (C=O) groups is 2. The first kappa shape index (κ1) is 22.2. The lowest BCUT2D eigenvalue weighted by Gasteiger charge is -2.12. The van der Waals surface area contributed by atoms with Crippen molar-refractivity contribution in [1.82, 2.24) is 4.98 Å². The zero-order valence-corrected chi connectivity index (χ0v) is 20.3. The molecule has 0 aliphatic heterocycles. The Morgan fingerprint density at radius 1 is 1.06 bits per heavy atom. The minimum atomic E-state index is -0.449. The number of nitrogens with one attached hydrogen (secondary N) is 1. The van der Waals surface area contributed by atoms with Crippen LogP contribution < -0.4 is 5.32 Å². The summed E-state index contributed by atoms with van der Waals surface area (Å²) in [5.41, 5.74) is 4.31. The van der Waals surface area contributed by atoms with E-state index in [1.165, 1.54) is 11.3 Å². The summed E-state index contributed by atoms with van der Waals surface area (Å²) in [6.07, 6.45) is 0. The number of aromatic nitrogens is 1. The Bertz CT molecular complexity index is 1350. The van der Waals surface area contributed by atoms with Crippen molar-refractivity contribution < 1.29 is 14.3 Å². The Kier molecular flexibility index (Phi) is 6.39. The fourth-order valence-corrected chi connectivity index (χ4v) is 4.73. The molecule has 2 heterocycles. The molecule has 0 saturated heterocycles. The Morgan fingerprint density at radius 3 is 2.62 bits per heavy atom. The van der Waals surface area contributed by atoms with E-state index in [1.807, 2.05) is 56.3 Å². The molecule has 0 fully saturated rings. The molecule has 0 spiro atoms. The highest BCUT2D eigenvalue weighted by Crippen LogP contribution is 2.31. The molecule has 0 bridgehead atoms. The molecule has 2 aromatic heterocycles. The summed E-state index contributed by atoms with van der Waals surface area (Å²) in [5.74, 6) is -0.758. The number of ether oxygens (including phenoxy) is 1. The van der Waals surface area contributed by atoms with Gasteiger partial charge in [-0.15, -0.1) is 11.3 Å². The van der Waals surface area contributed by atoms with Crippen LogP contribution in [0.1, 0.15) is 38.1 Å². The number of aryl methyl sites for hydroxylation is 2.